The van der Waals surface area contributed by atoms with Crippen molar-refractivity contribution >= 4 is 28.5 Å². The lowest BCUT2D eigenvalue weighted by molar-refractivity contribution is 0.0588. The van der Waals surface area contributed by atoms with Gasteiger partial charge in [-0.25, -0.2) is 15.0 Å². The van der Waals surface area contributed by atoms with Gasteiger partial charge in [0.05, 0.1) is 16.7 Å². The summed E-state index contributed by atoms with van der Waals surface area (Å²) in [6.07, 6.45) is 1.75. The number of halogens is 1. The number of hydrogen-bond donors (Lipinski definition) is 1. The molecular formula is C21H16ClN5O. The Hall–Kier alpha value is -3.25. The molecule has 1 saturated heterocycles. The van der Waals surface area contributed by atoms with Crippen LogP contribution < -0.4 is 0 Å². The van der Waals surface area contributed by atoms with E-state index in [-0.39, 0.29) is 17.1 Å². The maximum Gasteiger partial charge on any atom is 0.289 e. The Bertz CT molecular complexity index is 1130. The van der Waals surface area contributed by atoms with Crippen molar-refractivity contribution < 1.29 is 4.79 Å². The largest absolute Gasteiger partial charge is 0.335 e. The number of amides is 1. The Labute approximate surface area is 166 Å². The molecule has 0 radical (unpaired) electrons. The molecule has 1 aliphatic heterocycles. The van der Waals surface area contributed by atoms with Crippen LogP contribution in [0, 0.1) is 0 Å². The van der Waals surface area contributed by atoms with Gasteiger partial charge in [-0.3, -0.25) is 4.79 Å². The van der Waals surface area contributed by atoms with Crippen LogP contribution in [0.15, 0.2) is 60.8 Å². The zero-order valence-corrected chi connectivity index (χ0v) is 15.6. The molecule has 0 atom stereocenters. The van der Waals surface area contributed by atoms with Crippen LogP contribution in [0.4, 0.5) is 0 Å². The summed E-state index contributed by atoms with van der Waals surface area (Å²) in [6, 6.07) is 17.6. The second-order valence-electron chi connectivity index (χ2n) is 6.81. The SMILES string of the molecule is O=C(c1nc2ccccc2[nH]1)N1CC(c2nc(Cl)ncc2-c2ccccc2)C1. The normalized spacial score (nSPS) is 14.2. The first-order valence-electron chi connectivity index (χ1n) is 9.01. The highest BCUT2D eigenvalue weighted by Crippen LogP contribution is 2.34. The van der Waals surface area contributed by atoms with Gasteiger partial charge in [0.15, 0.2) is 5.82 Å². The predicted octanol–water partition coefficient (Wildman–Crippen LogP) is 3.91. The number of imidazole rings is 1. The summed E-state index contributed by atoms with van der Waals surface area (Å²) >= 11 is 6.05. The zero-order chi connectivity index (χ0) is 19.1. The molecule has 7 heteroatoms. The third-order valence-corrected chi connectivity index (χ3v) is 5.20. The maximum absolute atomic E-state index is 12.8. The van der Waals surface area contributed by atoms with Crippen LogP contribution in [0.5, 0.6) is 0 Å². The molecular weight excluding hydrogens is 374 g/mol. The molecule has 2 aromatic carbocycles. The second-order valence-corrected chi connectivity index (χ2v) is 7.15. The van der Waals surface area contributed by atoms with Gasteiger partial charge < -0.3 is 9.88 Å². The fourth-order valence-corrected chi connectivity index (χ4v) is 3.68. The van der Waals surface area contributed by atoms with Gasteiger partial charge in [-0.2, -0.15) is 0 Å². The number of carbonyl (C=O) groups excluding carboxylic acids is 1. The van der Waals surface area contributed by atoms with Gasteiger partial charge in [0, 0.05) is 30.8 Å². The molecule has 1 amide bonds. The van der Waals surface area contributed by atoms with Crippen molar-refractivity contribution in [3.8, 4) is 11.1 Å². The molecule has 138 valence electrons. The van der Waals surface area contributed by atoms with Crippen LogP contribution in [-0.2, 0) is 0 Å². The minimum absolute atomic E-state index is 0.103. The van der Waals surface area contributed by atoms with Crippen LogP contribution in [0.25, 0.3) is 22.2 Å². The van der Waals surface area contributed by atoms with Crippen molar-refractivity contribution in [2.75, 3.05) is 13.1 Å². The Morgan fingerprint density at radius 3 is 2.57 bits per heavy atom. The summed E-state index contributed by atoms with van der Waals surface area (Å²) < 4.78 is 0. The van der Waals surface area contributed by atoms with E-state index >= 15 is 0 Å². The number of para-hydroxylation sites is 2. The van der Waals surface area contributed by atoms with E-state index in [1.165, 1.54) is 0 Å². The molecule has 1 aliphatic rings. The highest BCUT2D eigenvalue weighted by Gasteiger charge is 2.36. The van der Waals surface area contributed by atoms with E-state index in [2.05, 4.69) is 19.9 Å². The molecule has 0 saturated carbocycles. The minimum Gasteiger partial charge on any atom is -0.335 e. The first kappa shape index (κ1) is 16.9. The van der Waals surface area contributed by atoms with Crippen molar-refractivity contribution in [3.05, 3.63) is 77.6 Å². The van der Waals surface area contributed by atoms with Crippen molar-refractivity contribution in [2.45, 2.75) is 5.92 Å². The Kier molecular flexibility index (Phi) is 4.06. The number of nitrogens with zero attached hydrogens (tertiary/aromatic N) is 4. The monoisotopic (exact) mass is 389 g/mol. The molecule has 0 unspecified atom stereocenters. The highest BCUT2D eigenvalue weighted by molar-refractivity contribution is 6.28. The molecule has 1 N–H and O–H groups in total. The highest BCUT2D eigenvalue weighted by atomic mass is 35.5. The quantitative estimate of drug-likeness (QED) is 0.539. The van der Waals surface area contributed by atoms with Gasteiger partial charge in [0.25, 0.3) is 5.91 Å². The van der Waals surface area contributed by atoms with E-state index in [1.54, 1.807) is 11.1 Å². The van der Waals surface area contributed by atoms with E-state index in [0.717, 1.165) is 27.9 Å². The number of likely N-dealkylation sites (tertiary alicyclic amines) is 1. The number of fused-ring (bicyclic) bond motifs is 1. The number of rotatable bonds is 3. The van der Waals surface area contributed by atoms with E-state index in [4.69, 9.17) is 11.6 Å². The molecule has 0 spiro atoms. The van der Waals surface area contributed by atoms with E-state index in [9.17, 15) is 4.79 Å². The fraction of sp³-hybridized carbons (Fsp3) is 0.143. The lowest BCUT2D eigenvalue weighted by Gasteiger charge is -2.39. The molecule has 3 heterocycles. The van der Waals surface area contributed by atoms with E-state index in [0.29, 0.717) is 18.9 Å². The van der Waals surface area contributed by atoms with Gasteiger partial charge in [-0.1, -0.05) is 42.5 Å². The summed E-state index contributed by atoms with van der Waals surface area (Å²) in [5, 5.41) is 0.219. The minimum atomic E-state index is -0.103. The lowest BCUT2D eigenvalue weighted by atomic mass is 9.90. The average molecular weight is 390 g/mol. The summed E-state index contributed by atoms with van der Waals surface area (Å²) in [4.78, 5) is 30.6. The summed E-state index contributed by atoms with van der Waals surface area (Å²) in [7, 11) is 0. The van der Waals surface area contributed by atoms with E-state index < -0.39 is 0 Å². The number of H-pyrrole nitrogens is 1. The topological polar surface area (TPSA) is 74.8 Å². The molecule has 6 nitrogen and oxygen atoms in total. The van der Waals surface area contributed by atoms with Gasteiger partial charge in [0.2, 0.25) is 5.28 Å². The molecule has 0 aliphatic carbocycles. The van der Waals surface area contributed by atoms with Crippen molar-refractivity contribution in [3.63, 3.8) is 0 Å². The van der Waals surface area contributed by atoms with Crippen LogP contribution in [0.2, 0.25) is 5.28 Å². The first-order chi connectivity index (χ1) is 13.7. The molecule has 1 fully saturated rings. The molecule has 2 aromatic heterocycles. The van der Waals surface area contributed by atoms with Gasteiger partial charge in [0.1, 0.15) is 0 Å². The van der Waals surface area contributed by atoms with E-state index in [1.807, 2.05) is 54.6 Å². The fourth-order valence-electron chi connectivity index (χ4n) is 3.54. The summed E-state index contributed by atoms with van der Waals surface area (Å²) in [6.45, 7) is 1.14. The number of aromatic amines is 1. The number of benzene rings is 2. The third kappa shape index (κ3) is 2.92. The lowest BCUT2D eigenvalue weighted by Crippen LogP contribution is -2.49. The average Bonchev–Trinajstić information content (AvgIpc) is 3.12. The molecule has 0 bridgehead atoms. The number of aromatic nitrogens is 4. The number of carbonyl (C=O) groups is 1. The Morgan fingerprint density at radius 1 is 1.04 bits per heavy atom. The van der Waals surface area contributed by atoms with Crippen LogP contribution in [0.1, 0.15) is 22.2 Å². The molecule has 4 aromatic rings. The van der Waals surface area contributed by atoms with Crippen LogP contribution in [0.3, 0.4) is 0 Å². The van der Waals surface area contributed by atoms with Crippen molar-refractivity contribution in [2.24, 2.45) is 0 Å². The standard InChI is InChI=1S/C21H16ClN5O/c22-21-23-10-15(13-6-2-1-3-7-13)18(26-21)14-11-27(12-14)20(28)19-24-16-8-4-5-9-17(16)25-19/h1-10,14H,11-12H2,(H,24,25). The Balaban J connectivity index is 1.38. The second kappa shape index (κ2) is 6.73. The van der Waals surface area contributed by atoms with Crippen LogP contribution >= 0.6 is 11.6 Å². The Morgan fingerprint density at radius 2 is 1.79 bits per heavy atom. The van der Waals surface area contributed by atoms with Gasteiger partial charge in [-0.05, 0) is 29.3 Å². The summed E-state index contributed by atoms with van der Waals surface area (Å²) in [5.41, 5.74) is 4.51. The number of nitrogens with one attached hydrogen (secondary N) is 1. The van der Waals surface area contributed by atoms with Gasteiger partial charge >= 0.3 is 0 Å². The molecule has 5 rings (SSSR count). The first-order valence-corrected chi connectivity index (χ1v) is 9.39. The number of hydrogen-bond acceptors (Lipinski definition) is 4. The molecule has 28 heavy (non-hydrogen) atoms. The van der Waals surface area contributed by atoms with Crippen molar-refractivity contribution in [1.29, 1.82) is 0 Å². The van der Waals surface area contributed by atoms with Crippen molar-refractivity contribution in [1.82, 2.24) is 24.8 Å². The maximum atomic E-state index is 12.8. The van der Waals surface area contributed by atoms with Gasteiger partial charge in [-0.15, -0.1) is 0 Å². The summed E-state index contributed by atoms with van der Waals surface area (Å²) in [5.74, 6) is 0.376. The van der Waals surface area contributed by atoms with Crippen LogP contribution in [-0.4, -0.2) is 43.8 Å². The predicted molar refractivity (Wildman–Crippen MR) is 107 cm³/mol. The smallest absolute Gasteiger partial charge is 0.289 e. The third-order valence-electron chi connectivity index (χ3n) is 5.02. The zero-order valence-electron chi connectivity index (χ0n) is 14.8.